The van der Waals surface area contributed by atoms with Crippen LogP contribution in [0.25, 0.3) is 0 Å². The molecule has 0 bridgehead atoms. The normalized spacial score (nSPS) is 28.1. The monoisotopic (exact) mass is 250 g/mol. The Bertz CT molecular complexity index is 374. The highest BCUT2D eigenvalue weighted by atomic mass is 16.5. The number of anilines is 1. The molecule has 1 aliphatic rings. The highest BCUT2D eigenvalue weighted by Gasteiger charge is 2.25. The van der Waals surface area contributed by atoms with Crippen LogP contribution < -0.4 is 5.32 Å². The second-order valence-corrected chi connectivity index (χ2v) is 4.92. The Morgan fingerprint density at radius 1 is 1.39 bits per heavy atom. The number of nitrogens with zero attached hydrogens (tertiary/aromatic N) is 1. The summed E-state index contributed by atoms with van der Waals surface area (Å²) in [6.45, 7) is 4.82. The zero-order valence-corrected chi connectivity index (χ0v) is 11.3. The number of hydrogen-bond acceptors (Lipinski definition) is 4. The number of pyridine rings is 1. The Kier molecular flexibility index (Phi) is 4.55. The smallest absolute Gasteiger partial charge is 0.131 e. The van der Waals surface area contributed by atoms with Crippen LogP contribution in [0.4, 0.5) is 5.82 Å². The topological polar surface area (TPSA) is 43.4 Å². The van der Waals surface area contributed by atoms with E-state index in [0.29, 0.717) is 6.61 Å². The molecule has 4 nitrogen and oxygen atoms in total. The van der Waals surface area contributed by atoms with Crippen LogP contribution in [0.1, 0.15) is 32.3 Å². The summed E-state index contributed by atoms with van der Waals surface area (Å²) in [6, 6.07) is 3.99. The fourth-order valence-corrected chi connectivity index (χ4v) is 2.47. The van der Waals surface area contributed by atoms with Crippen molar-refractivity contribution in [1.82, 2.24) is 4.98 Å². The molecular formula is C14H22N2O2. The lowest BCUT2D eigenvalue weighted by Gasteiger charge is -2.32. The third-order valence-electron chi connectivity index (χ3n) is 3.26. The first-order valence-electron chi connectivity index (χ1n) is 6.57. The van der Waals surface area contributed by atoms with Gasteiger partial charge in [0.25, 0.3) is 0 Å². The van der Waals surface area contributed by atoms with Crippen molar-refractivity contribution in [2.75, 3.05) is 12.4 Å². The van der Waals surface area contributed by atoms with Crippen molar-refractivity contribution in [2.24, 2.45) is 0 Å². The maximum Gasteiger partial charge on any atom is 0.131 e. The van der Waals surface area contributed by atoms with Gasteiger partial charge in [0.2, 0.25) is 0 Å². The molecule has 1 aromatic rings. The van der Waals surface area contributed by atoms with E-state index in [-0.39, 0.29) is 18.3 Å². The Morgan fingerprint density at radius 3 is 2.78 bits per heavy atom. The molecule has 2 heterocycles. The molecule has 0 amide bonds. The van der Waals surface area contributed by atoms with Crippen molar-refractivity contribution in [1.29, 1.82) is 0 Å². The maximum atomic E-state index is 5.99. The zero-order chi connectivity index (χ0) is 13.0. The molecule has 0 aliphatic carbocycles. The van der Waals surface area contributed by atoms with E-state index in [0.717, 1.165) is 24.2 Å². The number of nitrogens with one attached hydrogen (secondary N) is 1. The van der Waals surface area contributed by atoms with Gasteiger partial charge in [-0.05, 0) is 32.8 Å². The molecule has 4 heteroatoms. The Balaban J connectivity index is 1.91. The number of hydrogen-bond donors (Lipinski definition) is 1. The van der Waals surface area contributed by atoms with Crippen LogP contribution in [-0.4, -0.2) is 30.3 Å². The van der Waals surface area contributed by atoms with Gasteiger partial charge in [-0.2, -0.15) is 0 Å². The minimum Gasteiger partial charge on any atom is -0.375 e. The Hall–Kier alpha value is -1.13. The fraction of sp³-hybridized carbons (Fsp3) is 0.643. The molecular weight excluding hydrogens is 228 g/mol. The number of ether oxygens (including phenoxy) is 2. The summed E-state index contributed by atoms with van der Waals surface area (Å²) < 4.78 is 11.7. The Labute approximate surface area is 109 Å². The van der Waals surface area contributed by atoms with Crippen LogP contribution in [0.3, 0.4) is 0 Å². The van der Waals surface area contributed by atoms with Crippen molar-refractivity contribution in [3.63, 3.8) is 0 Å². The first-order valence-corrected chi connectivity index (χ1v) is 6.57. The van der Waals surface area contributed by atoms with Crippen molar-refractivity contribution < 1.29 is 9.47 Å². The molecule has 2 rings (SSSR count). The van der Waals surface area contributed by atoms with Crippen molar-refractivity contribution >= 4 is 5.82 Å². The summed E-state index contributed by atoms with van der Waals surface area (Å²) in [5, 5.41) is 3.09. The molecule has 1 saturated heterocycles. The van der Waals surface area contributed by atoms with E-state index in [4.69, 9.17) is 9.47 Å². The van der Waals surface area contributed by atoms with Crippen LogP contribution in [0.15, 0.2) is 18.3 Å². The van der Waals surface area contributed by atoms with Crippen molar-refractivity contribution in [3.05, 3.63) is 23.9 Å². The van der Waals surface area contributed by atoms with Gasteiger partial charge in [0.05, 0.1) is 24.9 Å². The van der Waals surface area contributed by atoms with Crippen LogP contribution in [-0.2, 0) is 16.1 Å². The van der Waals surface area contributed by atoms with E-state index in [1.165, 1.54) is 0 Å². The number of rotatable bonds is 4. The fourth-order valence-electron chi connectivity index (χ4n) is 2.47. The molecule has 1 aromatic heterocycles. The van der Waals surface area contributed by atoms with Crippen LogP contribution >= 0.6 is 0 Å². The second kappa shape index (κ2) is 6.16. The molecule has 1 aliphatic heterocycles. The standard InChI is InChI=1S/C14H22N2O2/c1-10-7-13(8-11(2)18-10)17-9-12-5-4-6-16-14(12)15-3/h4-6,10-11,13H,7-9H2,1-3H3,(H,15,16). The predicted octanol–water partition coefficient (Wildman–Crippen LogP) is 2.60. The average molecular weight is 250 g/mol. The van der Waals surface area contributed by atoms with Gasteiger partial charge >= 0.3 is 0 Å². The summed E-state index contributed by atoms with van der Waals surface area (Å²) in [6.07, 6.45) is 4.59. The van der Waals surface area contributed by atoms with Gasteiger partial charge in [-0.1, -0.05) is 6.07 Å². The van der Waals surface area contributed by atoms with Gasteiger partial charge in [-0.25, -0.2) is 4.98 Å². The molecule has 1 N–H and O–H groups in total. The third kappa shape index (κ3) is 3.43. The lowest BCUT2D eigenvalue weighted by atomic mass is 10.0. The molecule has 0 aromatic carbocycles. The van der Waals surface area contributed by atoms with Crippen LogP contribution in [0, 0.1) is 0 Å². The van der Waals surface area contributed by atoms with Gasteiger partial charge in [-0.15, -0.1) is 0 Å². The summed E-state index contributed by atoms with van der Waals surface area (Å²) >= 11 is 0. The quantitative estimate of drug-likeness (QED) is 0.892. The lowest BCUT2D eigenvalue weighted by molar-refractivity contribution is -0.106. The zero-order valence-electron chi connectivity index (χ0n) is 11.3. The van der Waals surface area contributed by atoms with Crippen molar-refractivity contribution in [3.8, 4) is 0 Å². The molecule has 2 atom stereocenters. The van der Waals surface area contributed by atoms with E-state index >= 15 is 0 Å². The summed E-state index contributed by atoms with van der Waals surface area (Å²) in [7, 11) is 1.88. The van der Waals surface area contributed by atoms with Crippen LogP contribution in [0.5, 0.6) is 0 Å². The highest BCUT2D eigenvalue weighted by Crippen LogP contribution is 2.23. The maximum absolute atomic E-state index is 5.99. The largest absolute Gasteiger partial charge is 0.375 e. The SMILES string of the molecule is CNc1ncccc1COC1CC(C)OC(C)C1. The highest BCUT2D eigenvalue weighted by molar-refractivity contribution is 5.42. The van der Waals surface area contributed by atoms with Gasteiger partial charge < -0.3 is 14.8 Å². The van der Waals surface area contributed by atoms with E-state index in [1.807, 2.05) is 19.2 Å². The van der Waals surface area contributed by atoms with Gasteiger partial charge in [0.15, 0.2) is 0 Å². The summed E-state index contributed by atoms with van der Waals surface area (Å²) in [5.74, 6) is 0.894. The first-order chi connectivity index (χ1) is 8.69. The van der Waals surface area contributed by atoms with Gasteiger partial charge in [-0.3, -0.25) is 0 Å². The van der Waals surface area contributed by atoms with E-state index in [9.17, 15) is 0 Å². The van der Waals surface area contributed by atoms with Gasteiger partial charge in [0.1, 0.15) is 5.82 Å². The first kappa shape index (κ1) is 13.3. The molecule has 100 valence electrons. The van der Waals surface area contributed by atoms with E-state index in [2.05, 4.69) is 24.1 Å². The summed E-state index contributed by atoms with van der Waals surface area (Å²) in [5.41, 5.74) is 1.10. The minimum absolute atomic E-state index is 0.286. The van der Waals surface area contributed by atoms with Gasteiger partial charge in [0, 0.05) is 18.8 Å². The van der Waals surface area contributed by atoms with Crippen molar-refractivity contribution in [2.45, 2.75) is 51.6 Å². The molecule has 1 fully saturated rings. The van der Waals surface area contributed by atoms with E-state index < -0.39 is 0 Å². The van der Waals surface area contributed by atoms with E-state index in [1.54, 1.807) is 6.20 Å². The number of aromatic nitrogens is 1. The molecule has 2 unspecified atom stereocenters. The molecule has 0 saturated carbocycles. The lowest BCUT2D eigenvalue weighted by Crippen LogP contribution is -2.34. The van der Waals surface area contributed by atoms with Crippen LogP contribution in [0.2, 0.25) is 0 Å². The second-order valence-electron chi connectivity index (χ2n) is 4.92. The molecule has 0 spiro atoms. The molecule has 0 radical (unpaired) electrons. The Morgan fingerprint density at radius 2 is 2.11 bits per heavy atom. The summed E-state index contributed by atoms with van der Waals surface area (Å²) in [4.78, 5) is 4.28. The minimum atomic E-state index is 0.286. The predicted molar refractivity (Wildman–Crippen MR) is 71.6 cm³/mol. The third-order valence-corrected chi connectivity index (χ3v) is 3.26. The average Bonchev–Trinajstić information content (AvgIpc) is 2.35. The molecule has 18 heavy (non-hydrogen) atoms.